The molecule has 30 heavy (non-hydrogen) atoms. The zero-order valence-electron chi connectivity index (χ0n) is 18.0. The monoisotopic (exact) mass is 521 g/mol. The summed E-state index contributed by atoms with van der Waals surface area (Å²) in [5.74, 6) is 1.01. The van der Waals surface area contributed by atoms with E-state index in [2.05, 4.69) is 58.9 Å². The molecular formula is C23H32IN5O. The minimum absolute atomic E-state index is 0. The Labute approximate surface area is 196 Å². The third-order valence-corrected chi connectivity index (χ3v) is 4.97. The minimum atomic E-state index is 0. The van der Waals surface area contributed by atoms with Crippen molar-refractivity contribution < 1.29 is 4.79 Å². The molecule has 0 unspecified atom stereocenters. The molecule has 1 saturated heterocycles. The molecule has 0 radical (unpaired) electrons. The van der Waals surface area contributed by atoms with E-state index in [4.69, 9.17) is 4.99 Å². The van der Waals surface area contributed by atoms with E-state index < -0.39 is 0 Å². The van der Waals surface area contributed by atoms with Crippen molar-refractivity contribution in [2.24, 2.45) is 4.99 Å². The van der Waals surface area contributed by atoms with Gasteiger partial charge in [-0.3, -0.25) is 4.79 Å². The number of rotatable bonds is 7. The predicted molar refractivity (Wildman–Crippen MR) is 136 cm³/mol. The van der Waals surface area contributed by atoms with Crippen molar-refractivity contribution in [3.8, 4) is 0 Å². The number of nitrogens with zero attached hydrogens (tertiary/aromatic N) is 3. The van der Waals surface area contributed by atoms with Crippen LogP contribution in [0, 0.1) is 0 Å². The standard InChI is InChI=1S/C23H31N5O.HI/c1-4-24-23(26-17-19-7-5-8-21(15-19)27(2)3)25-16-18-10-12-20(13-11-18)28-14-6-9-22(28)29;/h5,7-8,10-13,15H,4,6,9,14,16-17H2,1-3H3,(H2,24,25,26);1H. The van der Waals surface area contributed by atoms with Gasteiger partial charge in [-0.25, -0.2) is 4.99 Å². The third-order valence-electron chi connectivity index (χ3n) is 4.97. The highest BCUT2D eigenvalue weighted by Gasteiger charge is 2.21. The van der Waals surface area contributed by atoms with Gasteiger partial charge in [0.1, 0.15) is 0 Å². The number of halogens is 1. The summed E-state index contributed by atoms with van der Waals surface area (Å²) in [6.07, 6.45) is 1.60. The highest BCUT2D eigenvalue weighted by molar-refractivity contribution is 14.0. The van der Waals surface area contributed by atoms with E-state index in [1.165, 1.54) is 11.3 Å². The summed E-state index contributed by atoms with van der Waals surface area (Å²) in [6.45, 7) is 4.98. The highest BCUT2D eigenvalue weighted by Crippen LogP contribution is 2.21. The van der Waals surface area contributed by atoms with Crippen LogP contribution in [0.5, 0.6) is 0 Å². The van der Waals surface area contributed by atoms with Gasteiger partial charge < -0.3 is 20.4 Å². The second-order valence-corrected chi connectivity index (χ2v) is 7.43. The number of guanidine groups is 1. The lowest BCUT2D eigenvalue weighted by atomic mass is 10.2. The van der Waals surface area contributed by atoms with Crippen LogP contribution in [0.4, 0.5) is 11.4 Å². The van der Waals surface area contributed by atoms with Gasteiger partial charge in [-0.05, 0) is 48.7 Å². The molecule has 1 aliphatic heterocycles. The first kappa shape index (κ1) is 24.0. The van der Waals surface area contributed by atoms with Crippen LogP contribution in [-0.4, -0.2) is 39.1 Å². The van der Waals surface area contributed by atoms with Crippen LogP contribution in [0.25, 0.3) is 0 Å². The fourth-order valence-corrected chi connectivity index (χ4v) is 3.35. The van der Waals surface area contributed by atoms with E-state index in [-0.39, 0.29) is 29.9 Å². The molecule has 1 fully saturated rings. The van der Waals surface area contributed by atoms with Crippen molar-refractivity contribution >= 4 is 47.2 Å². The summed E-state index contributed by atoms with van der Waals surface area (Å²) in [5.41, 5.74) is 4.48. The number of aliphatic imine (C=N–C) groups is 1. The Morgan fingerprint density at radius 1 is 1.10 bits per heavy atom. The number of carbonyl (C=O) groups excluding carboxylic acids is 1. The summed E-state index contributed by atoms with van der Waals surface area (Å²) in [4.78, 5) is 20.6. The molecular weight excluding hydrogens is 489 g/mol. The summed E-state index contributed by atoms with van der Waals surface area (Å²) in [5, 5.41) is 6.69. The maximum atomic E-state index is 11.9. The Morgan fingerprint density at radius 3 is 2.50 bits per heavy atom. The molecule has 0 spiro atoms. The number of benzene rings is 2. The number of hydrogen-bond donors (Lipinski definition) is 2. The van der Waals surface area contributed by atoms with Gasteiger partial charge in [-0.15, -0.1) is 24.0 Å². The van der Waals surface area contributed by atoms with Crippen molar-refractivity contribution in [2.45, 2.75) is 32.9 Å². The van der Waals surface area contributed by atoms with Crippen molar-refractivity contribution in [1.82, 2.24) is 10.6 Å². The largest absolute Gasteiger partial charge is 0.378 e. The molecule has 6 nitrogen and oxygen atoms in total. The second kappa shape index (κ2) is 11.8. The Hall–Kier alpha value is -2.29. The maximum Gasteiger partial charge on any atom is 0.227 e. The van der Waals surface area contributed by atoms with Gasteiger partial charge in [0.15, 0.2) is 5.96 Å². The molecule has 7 heteroatoms. The third kappa shape index (κ3) is 6.62. The number of amides is 1. The molecule has 0 saturated carbocycles. The summed E-state index contributed by atoms with van der Waals surface area (Å²) in [6, 6.07) is 16.6. The van der Waals surface area contributed by atoms with Gasteiger partial charge in [0.2, 0.25) is 5.91 Å². The van der Waals surface area contributed by atoms with Crippen LogP contribution >= 0.6 is 24.0 Å². The fourth-order valence-electron chi connectivity index (χ4n) is 3.35. The molecule has 2 N–H and O–H groups in total. The molecule has 3 rings (SSSR count). The lowest BCUT2D eigenvalue weighted by molar-refractivity contribution is -0.117. The highest BCUT2D eigenvalue weighted by atomic mass is 127. The van der Waals surface area contributed by atoms with Gasteiger partial charge in [0.05, 0.1) is 6.54 Å². The number of hydrogen-bond acceptors (Lipinski definition) is 3. The van der Waals surface area contributed by atoms with Crippen LogP contribution in [-0.2, 0) is 17.9 Å². The van der Waals surface area contributed by atoms with E-state index in [9.17, 15) is 4.79 Å². The molecule has 0 aromatic heterocycles. The fraction of sp³-hybridized carbons (Fsp3) is 0.391. The van der Waals surface area contributed by atoms with Gasteiger partial charge in [0.25, 0.3) is 0 Å². The zero-order chi connectivity index (χ0) is 20.6. The average Bonchev–Trinajstić information content (AvgIpc) is 3.16. The van der Waals surface area contributed by atoms with Crippen LogP contribution in [0.3, 0.4) is 0 Å². The zero-order valence-corrected chi connectivity index (χ0v) is 20.3. The molecule has 0 atom stereocenters. The molecule has 1 heterocycles. The van der Waals surface area contributed by atoms with Gasteiger partial charge in [-0.2, -0.15) is 0 Å². The molecule has 1 amide bonds. The summed E-state index contributed by atoms with van der Waals surface area (Å²) >= 11 is 0. The van der Waals surface area contributed by atoms with Crippen LogP contribution in [0.2, 0.25) is 0 Å². The van der Waals surface area contributed by atoms with Crippen molar-refractivity contribution in [1.29, 1.82) is 0 Å². The number of nitrogens with one attached hydrogen (secondary N) is 2. The van der Waals surface area contributed by atoms with Crippen molar-refractivity contribution in [3.05, 3.63) is 59.7 Å². The smallest absolute Gasteiger partial charge is 0.227 e. The van der Waals surface area contributed by atoms with E-state index >= 15 is 0 Å². The Balaban J connectivity index is 0.00000320. The van der Waals surface area contributed by atoms with E-state index in [0.29, 0.717) is 19.5 Å². The van der Waals surface area contributed by atoms with Crippen LogP contribution in [0.15, 0.2) is 53.5 Å². The maximum absolute atomic E-state index is 11.9. The predicted octanol–water partition coefficient (Wildman–Crippen LogP) is 3.75. The van der Waals surface area contributed by atoms with Gasteiger partial charge >= 0.3 is 0 Å². The Kier molecular flexibility index (Phi) is 9.42. The minimum Gasteiger partial charge on any atom is -0.378 e. The summed E-state index contributed by atoms with van der Waals surface area (Å²) in [7, 11) is 4.08. The van der Waals surface area contributed by atoms with E-state index in [1.54, 1.807) is 0 Å². The number of carbonyl (C=O) groups is 1. The van der Waals surface area contributed by atoms with Crippen LogP contribution < -0.4 is 20.4 Å². The molecule has 162 valence electrons. The van der Waals surface area contributed by atoms with E-state index in [1.807, 2.05) is 31.1 Å². The van der Waals surface area contributed by atoms with Gasteiger partial charge in [0, 0.05) is 51.5 Å². The van der Waals surface area contributed by atoms with Crippen molar-refractivity contribution in [2.75, 3.05) is 37.0 Å². The first-order valence-electron chi connectivity index (χ1n) is 10.2. The molecule has 2 aromatic rings. The quantitative estimate of drug-likeness (QED) is 0.331. The average molecular weight is 521 g/mol. The molecule has 0 aliphatic carbocycles. The summed E-state index contributed by atoms with van der Waals surface area (Å²) < 4.78 is 0. The molecule has 2 aromatic carbocycles. The van der Waals surface area contributed by atoms with Crippen LogP contribution in [0.1, 0.15) is 30.9 Å². The van der Waals surface area contributed by atoms with Gasteiger partial charge in [-0.1, -0.05) is 24.3 Å². The Bertz CT molecular complexity index is 851. The first-order valence-corrected chi connectivity index (χ1v) is 10.2. The van der Waals surface area contributed by atoms with E-state index in [0.717, 1.165) is 36.7 Å². The lowest BCUT2D eigenvalue weighted by Gasteiger charge is -2.16. The second-order valence-electron chi connectivity index (χ2n) is 7.43. The van der Waals surface area contributed by atoms with Crippen molar-refractivity contribution in [3.63, 3.8) is 0 Å². The first-order chi connectivity index (χ1) is 14.1. The Morgan fingerprint density at radius 2 is 1.87 bits per heavy atom. The molecule has 0 bridgehead atoms. The number of anilines is 2. The molecule has 1 aliphatic rings. The topological polar surface area (TPSA) is 60.0 Å². The SMILES string of the molecule is CCNC(=NCc1cccc(N(C)C)c1)NCc1ccc(N2CCCC2=O)cc1.I. The normalized spacial score (nSPS) is 13.8. The lowest BCUT2D eigenvalue weighted by Crippen LogP contribution is -2.36.